The molecule has 0 aliphatic carbocycles. The molecule has 0 aliphatic heterocycles. The van der Waals surface area contributed by atoms with Crippen LogP contribution in [0, 0.1) is 0 Å². The largest absolute Gasteiger partial charge is 0.491 e. The third-order valence-corrected chi connectivity index (χ3v) is 5.00. The number of fused-ring (bicyclic) bond motifs is 2. The molecule has 29 heavy (non-hydrogen) atoms. The summed E-state index contributed by atoms with van der Waals surface area (Å²) in [6.07, 6.45) is 1.69. The van der Waals surface area contributed by atoms with E-state index in [-0.39, 0.29) is 0 Å². The Morgan fingerprint density at radius 3 is 2.10 bits per heavy atom. The lowest BCUT2D eigenvalue weighted by atomic mass is 9.91. The summed E-state index contributed by atoms with van der Waals surface area (Å²) in [7, 11) is 1.63. The second-order valence-electron chi connectivity index (χ2n) is 6.78. The van der Waals surface area contributed by atoms with Crippen molar-refractivity contribution in [3.8, 4) is 16.9 Å². The van der Waals surface area contributed by atoms with E-state index in [9.17, 15) is 9.59 Å². The van der Waals surface area contributed by atoms with E-state index in [1.165, 1.54) is 0 Å². The van der Waals surface area contributed by atoms with E-state index in [1.807, 2.05) is 60.7 Å². The van der Waals surface area contributed by atoms with Crippen molar-refractivity contribution in [2.75, 3.05) is 20.3 Å². The third-order valence-electron chi connectivity index (χ3n) is 5.00. The average Bonchev–Trinajstić information content (AvgIpc) is 2.78. The number of ether oxygens (including phenoxy) is 2. The summed E-state index contributed by atoms with van der Waals surface area (Å²) in [4.78, 5) is 22.8. The Kier molecular flexibility index (Phi) is 5.36. The van der Waals surface area contributed by atoms with Gasteiger partial charge in [0, 0.05) is 23.8 Å². The lowest BCUT2D eigenvalue weighted by Gasteiger charge is -2.17. The van der Waals surface area contributed by atoms with Crippen LogP contribution in [0.1, 0.15) is 20.7 Å². The van der Waals surface area contributed by atoms with Gasteiger partial charge in [-0.2, -0.15) is 0 Å². The Balaban J connectivity index is 2.04. The van der Waals surface area contributed by atoms with Crippen molar-refractivity contribution in [3.05, 3.63) is 77.9 Å². The SMILES string of the molecule is COCCOc1ccc2ccc(C=O)cc2c1-c1cccc2ccc(C=O)cc12. The monoisotopic (exact) mass is 384 g/mol. The van der Waals surface area contributed by atoms with Crippen LogP contribution in [0.15, 0.2) is 66.7 Å². The van der Waals surface area contributed by atoms with Crippen molar-refractivity contribution in [2.45, 2.75) is 0 Å². The van der Waals surface area contributed by atoms with Crippen LogP contribution in [-0.4, -0.2) is 32.9 Å². The molecule has 0 aliphatic rings. The summed E-state index contributed by atoms with van der Waals surface area (Å²) >= 11 is 0. The van der Waals surface area contributed by atoms with Crippen LogP contribution < -0.4 is 4.74 Å². The standard InChI is InChI=1S/C25H20O4/c1-28-11-12-29-24-10-9-20-8-6-18(16-27)14-23(20)25(24)21-4-2-3-19-7-5-17(15-26)13-22(19)21/h2-10,13-16H,11-12H2,1H3. The summed E-state index contributed by atoms with van der Waals surface area (Å²) in [5.41, 5.74) is 3.06. The zero-order valence-electron chi connectivity index (χ0n) is 16.1. The highest BCUT2D eigenvalue weighted by molar-refractivity contribution is 6.09. The minimum atomic E-state index is 0.409. The molecular formula is C25H20O4. The summed E-state index contributed by atoms with van der Waals surface area (Å²) in [6.45, 7) is 0.878. The first-order valence-corrected chi connectivity index (χ1v) is 9.37. The fourth-order valence-corrected chi connectivity index (χ4v) is 3.61. The molecule has 4 aromatic carbocycles. The quantitative estimate of drug-likeness (QED) is 0.320. The van der Waals surface area contributed by atoms with Gasteiger partial charge >= 0.3 is 0 Å². The van der Waals surface area contributed by atoms with Gasteiger partial charge in [-0.05, 0) is 45.3 Å². The maximum Gasteiger partial charge on any atom is 0.150 e. The van der Waals surface area contributed by atoms with Crippen molar-refractivity contribution in [1.29, 1.82) is 0 Å². The highest BCUT2D eigenvalue weighted by Crippen LogP contribution is 2.41. The number of rotatable bonds is 7. The van der Waals surface area contributed by atoms with Gasteiger partial charge in [0.05, 0.1) is 6.61 Å². The molecule has 0 unspecified atom stereocenters. The fourth-order valence-electron chi connectivity index (χ4n) is 3.61. The zero-order chi connectivity index (χ0) is 20.2. The normalized spacial score (nSPS) is 10.9. The molecule has 0 amide bonds. The molecule has 144 valence electrons. The second-order valence-corrected chi connectivity index (χ2v) is 6.78. The molecule has 0 atom stereocenters. The predicted molar refractivity (Wildman–Crippen MR) is 115 cm³/mol. The molecule has 0 heterocycles. The molecule has 4 aromatic rings. The van der Waals surface area contributed by atoms with E-state index in [2.05, 4.69) is 0 Å². The summed E-state index contributed by atoms with van der Waals surface area (Å²) in [5.74, 6) is 0.710. The molecule has 0 N–H and O–H groups in total. The number of carbonyl (C=O) groups excluding carboxylic acids is 2. The molecule has 4 heteroatoms. The Labute approximate surface area is 168 Å². The molecule has 0 fully saturated rings. The van der Waals surface area contributed by atoms with Gasteiger partial charge in [-0.3, -0.25) is 9.59 Å². The molecule has 0 bridgehead atoms. The van der Waals surface area contributed by atoms with E-state index in [0.717, 1.165) is 45.2 Å². The van der Waals surface area contributed by atoms with E-state index >= 15 is 0 Å². The Morgan fingerprint density at radius 2 is 1.41 bits per heavy atom. The molecular weight excluding hydrogens is 364 g/mol. The molecule has 0 saturated heterocycles. The summed E-state index contributed by atoms with van der Waals surface area (Å²) in [5, 5.41) is 3.92. The Hall–Kier alpha value is -3.50. The van der Waals surface area contributed by atoms with E-state index in [0.29, 0.717) is 30.1 Å². The van der Waals surface area contributed by atoms with Gasteiger partial charge in [0.1, 0.15) is 24.9 Å². The van der Waals surface area contributed by atoms with Crippen molar-refractivity contribution in [2.24, 2.45) is 0 Å². The fraction of sp³-hybridized carbons (Fsp3) is 0.120. The number of aldehydes is 2. The first kappa shape index (κ1) is 18.8. The minimum Gasteiger partial charge on any atom is -0.491 e. The zero-order valence-corrected chi connectivity index (χ0v) is 16.1. The van der Waals surface area contributed by atoms with Gasteiger partial charge in [0.15, 0.2) is 0 Å². The minimum absolute atomic E-state index is 0.409. The van der Waals surface area contributed by atoms with Crippen LogP contribution >= 0.6 is 0 Å². The van der Waals surface area contributed by atoms with Crippen LogP contribution in [0.25, 0.3) is 32.7 Å². The lowest BCUT2D eigenvalue weighted by Crippen LogP contribution is -2.05. The van der Waals surface area contributed by atoms with E-state index in [4.69, 9.17) is 9.47 Å². The molecule has 4 nitrogen and oxygen atoms in total. The molecule has 0 aromatic heterocycles. The second kappa shape index (κ2) is 8.25. The van der Waals surface area contributed by atoms with Crippen molar-refractivity contribution in [3.63, 3.8) is 0 Å². The molecule has 0 saturated carbocycles. The molecule has 0 radical (unpaired) electrons. The van der Waals surface area contributed by atoms with Crippen molar-refractivity contribution < 1.29 is 19.1 Å². The topological polar surface area (TPSA) is 52.6 Å². The highest BCUT2D eigenvalue weighted by atomic mass is 16.5. The van der Waals surface area contributed by atoms with Gasteiger partial charge in [0.25, 0.3) is 0 Å². The number of hydrogen-bond donors (Lipinski definition) is 0. The van der Waals surface area contributed by atoms with Gasteiger partial charge in [-0.15, -0.1) is 0 Å². The maximum absolute atomic E-state index is 11.4. The van der Waals surface area contributed by atoms with Crippen LogP contribution in [0.2, 0.25) is 0 Å². The summed E-state index contributed by atoms with van der Waals surface area (Å²) in [6, 6.07) is 21.2. The lowest BCUT2D eigenvalue weighted by molar-refractivity contribution is 0.111. The van der Waals surface area contributed by atoms with Crippen molar-refractivity contribution >= 4 is 34.1 Å². The van der Waals surface area contributed by atoms with Gasteiger partial charge in [0.2, 0.25) is 0 Å². The van der Waals surface area contributed by atoms with Crippen LogP contribution in [-0.2, 0) is 4.74 Å². The van der Waals surface area contributed by atoms with E-state index in [1.54, 1.807) is 13.2 Å². The molecule has 4 rings (SSSR count). The first-order valence-electron chi connectivity index (χ1n) is 9.37. The van der Waals surface area contributed by atoms with E-state index < -0.39 is 0 Å². The first-order chi connectivity index (χ1) is 14.2. The van der Waals surface area contributed by atoms with Gasteiger partial charge < -0.3 is 9.47 Å². The predicted octanol–water partition coefficient (Wildman–Crippen LogP) is 5.31. The Bertz CT molecular complexity index is 1210. The van der Waals surface area contributed by atoms with Crippen molar-refractivity contribution in [1.82, 2.24) is 0 Å². The van der Waals surface area contributed by atoms with Crippen LogP contribution in [0.4, 0.5) is 0 Å². The number of benzene rings is 4. The Morgan fingerprint density at radius 1 is 0.759 bits per heavy atom. The molecule has 0 spiro atoms. The van der Waals surface area contributed by atoms with Gasteiger partial charge in [-0.25, -0.2) is 0 Å². The summed E-state index contributed by atoms with van der Waals surface area (Å²) < 4.78 is 11.2. The number of carbonyl (C=O) groups is 2. The average molecular weight is 384 g/mol. The number of methoxy groups -OCH3 is 1. The third kappa shape index (κ3) is 3.62. The maximum atomic E-state index is 11.4. The number of hydrogen-bond acceptors (Lipinski definition) is 4. The van der Waals surface area contributed by atoms with Crippen LogP contribution in [0.3, 0.4) is 0 Å². The smallest absolute Gasteiger partial charge is 0.150 e. The van der Waals surface area contributed by atoms with Crippen LogP contribution in [0.5, 0.6) is 5.75 Å². The highest BCUT2D eigenvalue weighted by Gasteiger charge is 2.15. The van der Waals surface area contributed by atoms with Gasteiger partial charge in [-0.1, -0.05) is 48.5 Å².